The second kappa shape index (κ2) is 7.97. The molecule has 2 aromatic carbocycles. The van der Waals surface area contributed by atoms with Gasteiger partial charge in [-0.3, -0.25) is 4.84 Å². The van der Waals surface area contributed by atoms with E-state index in [-0.39, 0.29) is 15.5 Å². The highest BCUT2D eigenvalue weighted by atomic mass is 35.5. The Labute approximate surface area is 151 Å². The molecule has 134 valence electrons. The molecule has 6 nitrogen and oxygen atoms in total. The van der Waals surface area contributed by atoms with E-state index in [1.165, 1.54) is 26.3 Å². The van der Waals surface area contributed by atoms with Crippen LogP contribution in [0.5, 0.6) is 5.75 Å². The number of ether oxygens (including phenoxy) is 1. The molecule has 0 bridgehead atoms. The number of benzene rings is 2. The van der Waals surface area contributed by atoms with Gasteiger partial charge in [0.15, 0.2) is 0 Å². The number of hydrogen-bond acceptors (Lipinski definition) is 5. The lowest BCUT2D eigenvalue weighted by molar-refractivity contribution is -0.0258. The summed E-state index contributed by atoms with van der Waals surface area (Å²) in [6, 6.07) is 11.0. The van der Waals surface area contributed by atoms with Crippen LogP contribution in [0.25, 0.3) is 0 Å². The van der Waals surface area contributed by atoms with Crippen LogP contribution in [0.3, 0.4) is 0 Å². The van der Waals surface area contributed by atoms with Crippen molar-refractivity contribution in [2.24, 2.45) is 0 Å². The van der Waals surface area contributed by atoms with E-state index in [1.54, 1.807) is 12.1 Å². The lowest BCUT2D eigenvalue weighted by atomic mass is 10.2. The number of esters is 1. The predicted octanol–water partition coefficient (Wildman–Crippen LogP) is 3.30. The third kappa shape index (κ3) is 4.38. The van der Waals surface area contributed by atoms with Crippen molar-refractivity contribution in [2.45, 2.75) is 18.2 Å². The average molecular weight is 384 g/mol. The first-order valence-corrected chi connectivity index (χ1v) is 9.25. The first-order valence-electron chi connectivity index (χ1n) is 7.43. The number of carbonyl (C=O) groups is 1. The number of aryl methyl sites for hydroxylation is 1. The maximum absolute atomic E-state index is 12.4. The smallest absolute Gasteiger partial charge is 0.343 e. The maximum atomic E-state index is 12.4. The Morgan fingerprint density at radius 1 is 1.16 bits per heavy atom. The Morgan fingerprint density at radius 2 is 1.80 bits per heavy atom. The molecule has 0 unspecified atom stereocenters. The summed E-state index contributed by atoms with van der Waals surface area (Å²) >= 11 is 5.97. The fourth-order valence-corrected chi connectivity index (χ4v) is 3.50. The van der Waals surface area contributed by atoms with Crippen molar-refractivity contribution >= 4 is 27.6 Å². The molecule has 25 heavy (non-hydrogen) atoms. The standard InChI is InChI=1S/C17H18ClNO5S/c1-4-12-5-8-14(9-6-12)24-17(20)13-7-10-15(18)16(11-13)25(21,22)19(2)23-3/h5-11H,4H2,1-3H3. The van der Waals surface area contributed by atoms with Crippen LogP contribution in [-0.2, 0) is 21.3 Å². The Morgan fingerprint density at radius 3 is 2.36 bits per heavy atom. The average Bonchev–Trinajstić information content (AvgIpc) is 2.61. The van der Waals surface area contributed by atoms with Gasteiger partial charge in [0, 0.05) is 7.05 Å². The summed E-state index contributed by atoms with van der Waals surface area (Å²) in [7, 11) is -1.55. The van der Waals surface area contributed by atoms with Crippen molar-refractivity contribution in [1.29, 1.82) is 0 Å². The number of hydrogen-bond donors (Lipinski definition) is 0. The van der Waals surface area contributed by atoms with E-state index >= 15 is 0 Å². The van der Waals surface area contributed by atoms with E-state index in [9.17, 15) is 13.2 Å². The van der Waals surface area contributed by atoms with E-state index < -0.39 is 16.0 Å². The fourth-order valence-electron chi connectivity index (χ4n) is 2.02. The third-order valence-corrected chi connectivity index (χ3v) is 5.74. The van der Waals surface area contributed by atoms with Crippen LogP contribution < -0.4 is 4.74 Å². The monoisotopic (exact) mass is 383 g/mol. The molecule has 0 saturated heterocycles. The fraction of sp³-hybridized carbons (Fsp3) is 0.235. The minimum atomic E-state index is -3.99. The van der Waals surface area contributed by atoms with Gasteiger partial charge in [0.2, 0.25) is 0 Å². The lowest BCUT2D eigenvalue weighted by Crippen LogP contribution is -2.26. The highest BCUT2D eigenvalue weighted by Gasteiger charge is 2.25. The molecule has 0 atom stereocenters. The largest absolute Gasteiger partial charge is 0.423 e. The summed E-state index contributed by atoms with van der Waals surface area (Å²) in [4.78, 5) is 16.8. The number of hydroxylamine groups is 1. The van der Waals surface area contributed by atoms with Crippen LogP contribution in [0.4, 0.5) is 0 Å². The number of carbonyl (C=O) groups excluding carboxylic acids is 1. The molecule has 0 aliphatic rings. The van der Waals surface area contributed by atoms with Gasteiger partial charge in [-0.2, -0.15) is 0 Å². The summed E-state index contributed by atoms with van der Waals surface area (Å²) in [6.07, 6.45) is 0.875. The summed E-state index contributed by atoms with van der Waals surface area (Å²) in [5, 5.41) is -0.0206. The number of sulfonamides is 1. The van der Waals surface area contributed by atoms with Crippen LogP contribution in [-0.4, -0.2) is 33.0 Å². The molecule has 0 aliphatic carbocycles. The first-order chi connectivity index (χ1) is 11.8. The van der Waals surface area contributed by atoms with Crippen molar-refractivity contribution < 1.29 is 22.8 Å². The molecule has 0 heterocycles. The maximum Gasteiger partial charge on any atom is 0.343 e. The quantitative estimate of drug-likeness (QED) is 0.434. The number of nitrogens with zero attached hydrogens (tertiary/aromatic N) is 1. The van der Waals surface area contributed by atoms with Gasteiger partial charge in [-0.15, -0.1) is 0 Å². The molecule has 8 heteroatoms. The predicted molar refractivity (Wildman–Crippen MR) is 94.2 cm³/mol. The minimum absolute atomic E-state index is 0.0206. The van der Waals surface area contributed by atoms with Gasteiger partial charge in [0.1, 0.15) is 10.6 Å². The highest BCUT2D eigenvalue weighted by molar-refractivity contribution is 7.89. The molecule has 0 aliphatic heterocycles. The van der Waals surface area contributed by atoms with Gasteiger partial charge in [-0.05, 0) is 42.3 Å². The molecule has 2 rings (SSSR count). The summed E-state index contributed by atoms with van der Waals surface area (Å²) in [6.45, 7) is 2.02. The van der Waals surface area contributed by atoms with Gasteiger partial charge in [-0.1, -0.05) is 35.1 Å². The van der Waals surface area contributed by atoms with Crippen LogP contribution in [0.2, 0.25) is 5.02 Å². The van der Waals surface area contributed by atoms with Crippen molar-refractivity contribution in [2.75, 3.05) is 14.2 Å². The number of rotatable bonds is 6. The molecular weight excluding hydrogens is 366 g/mol. The molecule has 0 spiro atoms. The van der Waals surface area contributed by atoms with Gasteiger partial charge < -0.3 is 4.74 Å². The van der Waals surface area contributed by atoms with Crippen molar-refractivity contribution in [3.8, 4) is 5.75 Å². The summed E-state index contributed by atoms with van der Waals surface area (Å²) < 4.78 is 30.6. The summed E-state index contributed by atoms with van der Waals surface area (Å²) in [5.41, 5.74) is 1.18. The van der Waals surface area contributed by atoms with E-state index in [0.29, 0.717) is 10.2 Å². The van der Waals surface area contributed by atoms with Crippen LogP contribution in [0.15, 0.2) is 47.4 Å². The van der Waals surface area contributed by atoms with Crippen LogP contribution >= 0.6 is 11.6 Å². The second-order valence-corrected chi connectivity index (χ2v) is 7.44. The molecule has 0 aromatic heterocycles. The van der Waals surface area contributed by atoms with E-state index in [4.69, 9.17) is 21.2 Å². The van der Waals surface area contributed by atoms with Gasteiger partial charge in [0.25, 0.3) is 10.0 Å². The number of halogens is 1. The Hall–Kier alpha value is -1.93. The van der Waals surface area contributed by atoms with Gasteiger partial charge in [0.05, 0.1) is 17.7 Å². The lowest BCUT2D eigenvalue weighted by Gasteiger charge is -2.15. The zero-order chi connectivity index (χ0) is 18.6. The normalized spacial score (nSPS) is 11.6. The zero-order valence-electron chi connectivity index (χ0n) is 14.0. The van der Waals surface area contributed by atoms with Crippen LogP contribution in [0.1, 0.15) is 22.8 Å². The van der Waals surface area contributed by atoms with E-state index in [0.717, 1.165) is 18.1 Å². The molecule has 2 aromatic rings. The molecule has 0 fully saturated rings. The Kier molecular flexibility index (Phi) is 6.18. The van der Waals surface area contributed by atoms with Crippen LogP contribution in [0, 0.1) is 0 Å². The first kappa shape index (κ1) is 19.4. The van der Waals surface area contributed by atoms with Crippen molar-refractivity contribution in [3.63, 3.8) is 0 Å². The minimum Gasteiger partial charge on any atom is -0.423 e. The molecule has 0 saturated carbocycles. The topological polar surface area (TPSA) is 72.9 Å². The molecule has 0 amide bonds. The Balaban J connectivity index is 2.30. The SMILES string of the molecule is CCc1ccc(OC(=O)c2ccc(Cl)c(S(=O)(=O)N(C)OC)c2)cc1. The summed E-state index contributed by atoms with van der Waals surface area (Å²) in [5.74, 6) is -0.312. The zero-order valence-corrected chi connectivity index (χ0v) is 15.6. The van der Waals surface area contributed by atoms with Gasteiger partial charge >= 0.3 is 5.97 Å². The second-order valence-electron chi connectivity index (χ2n) is 5.13. The third-order valence-electron chi connectivity index (χ3n) is 3.58. The molecule has 0 radical (unpaired) electrons. The van der Waals surface area contributed by atoms with Gasteiger partial charge in [-0.25, -0.2) is 13.2 Å². The van der Waals surface area contributed by atoms with E-state index in [2.05, 4.69) is 0 Å². The Bertz CT molecular complexity index is 865. The molecular formula is C17H18ClNO5S. The van der Waals surface area contributed by atoms with Crippen molar-refractivity contribution in [3.05, 3.63) is 58.6 Å². The van der Waals surface area contributed by atoms with Crippen molar-refractivity contribution in [1.82, 2.24) is 4.47 Å². The van der Waals surface area contributed by atoms with E-state index in [1.807, 2.05) is 19.1 Å². The molecule has 0 N–H and O–H groups in total. The highest BCUT2D eigenvalue weighted by Crippen LogP contribution is 2.26.